The normalized spacial score (nSPS) is 13.8. The van der Waals surface area contributed by atoms with Crippen LogP contribution in [0.2, 0.25) is 5.02 Å². The minimum atomic E-state index is -4.60. The van der Waals surface area contributed by atoms with E-state index in [1.807, 2.05) is 18.2 Å². The lowest BCUT2D eigenvalue weighted by molar-refractivity contribution is -0.141. The number of benzene rings is 1. The van der Waals surface area contributed by atoms with Gasteiger partial charge in [0.15, 0.2) is 11.5 Å². The fraction of sp³-hybridized carbons (Fsp3) is 0.364. The molecule has 2 heterocycles. The first-order valence-corrected chi connectivity index (χ1v) is 11.5. The van der Waals surface area contributed by atoms with Crippen LogP contribution in [0.1, 0.15) is 52.9 Å². The zero-order chi connectivity index (χ0) is 23.6. The second-order valence-corrected chi connectivity index (χ2v) is 8.87. The fourth-order valence-corrected chi connectivity index (χ4v) is 4.15. The van der Waals surface area contributed by atoms with Crippen molar-refractivity contribution in [2.75, 3.05) is 6.54 Å². The summed E-state index contributed by atoms with van der Waals surface area (Å²) in [6.07, 6.45) is -2.62. The van der Waals surface area contributed by atoms with Gasteiger partial charge in [-0.15, -0.1) is 0 Å². The Morgan fingerprint density at radius 2 is 2.03 bits per heavy atom. The van der Waals surface area contributed by atoms with Crippen LogP contribution in [0.25, 0.3) is 0 Å². The van der Waals surface area contributed by atoms with Crippen LogP contribution in [-0.4, -0.2) is 22.2 Å². The number of carbonyl (C=O) groups is 1. The summed E-state index contributed by atoms with van der Waals surface area (Å²) in [5.74, 6) is 0.851. The number of para-hydroxylation sites is 1. The van der Waals surface area contributed by atoms with Gasteiger partial charge in [-0.3, -0.25) is 9.48 Å². The molecule has 0 radical (unpaired) electrons. The highest BCUT2D eigenvalue weighted by Crippen LogP contribution is 2.46. The van der Waals surface area contributed by atoms with E-state index in [1.165, 1.54) is 4.68 Å². The van der Waals surface area contributed by atoms with Crippen molar-refractivity contribution in [1.82, 2.24) is 15.1 Å². The van der Waals surface area contributed by atoms with Gasteiger partial charge in [-0.1, -0.05) is 23.7 Å². The summed E-state index contributed by atoms with van der Waals surface area (Å²) in [6, 6.07) is 10.6. The molecule has 1 N–H and O–H groups in total. The second kappa shape index (κ2) is 9.80. The average molecular weight is 547 g/mol. The van der Waals surface area contributed by atoms with Crippen molar-refractivity contribution in [3.8, 4) is 5.75 Å². The Hall–Kier alpha value is -2.46. The molecule has 1 fully saturated rings. The number of hydrogen-bond acceptors (Lipinski definition) is 4. The molecule has 0 saturated heterocycles. The van der Waals surface area contributed by atoms with E-state index in [1.54, 1.807) is 18.2 Å². The van der Waals surface area contributed by atoms with Gasteiger partial charge in [-0.05, 0) is 59.5 Å². The highest BCUT2D eigenvalue weighted by Gasteiger charge is 2.41. The Bertz CT molecular complexity index is 1140. The zero-order valence-corrected chi connectivity index (χ0v) is 19.6. The zero-order valence-electron chi connectivity index (χ0n) is 17.3. The highest BCUT2D eigenvalue weighted by atomic mass is 79.9. The van der Waals surface area contributed by atoms with Crippen molar-refractivity contribution in [2.45, 2.75) is 44.5 Å². The lowest BCUT2D eigenvalue weighted by Crippen LogP contribution is -2.25. The van der Waals surface area contributed by atoms with Crippen LogP contribution in [0.15, 0.2) is 45.3 Å². The van der Waals surface area contributed by atoms with Gasteiger partial charge in [-0.25, -0.2) is 0 Å². The van der Waals surface area contributed by atoms with E-state index in [-0.39, 0.29) is 36.4 Å². The van der Waals surface area contributed by atoms with E-state index in [4.69, 9.17) is 20.8 Å². The van der Waals surface area contributed by atoms with Crippen LogP contribution in [0.3, 0.4) is 0 Å². The van der Waals surface area contributed by atoms with Gasteiger partial charge in [0.2, 0.25) is 0 Å². The molecule has 0 atom stereocenters. The molecular weight excluding hydrogens is 527 g/mol. The molecule has 0 unspecified atom stereocenters. The van der Waals surface area contributed by atoms with Gasteiger partial charge in [0, 0.05) is 19.0 Å². The molecule has 0 aliphatic heterocycles. The van der Waals surface area contributed by atoms with Gasteiger partial charge in [0.25, 0.3) is 5.91 Å². The maximum Gasteiger partial charge on any atom is 0.436 e. The third kappa shape index (κ3) is 5.73. The van der Waals surface area contributed by atoms with Crippen molar-refractivity contribution < 1.29 is 27.1 Å². The number of halogens is 5. The number of nitrogens with zero attached hydrogens (tertiary/aromatic N) is 2. The van der Waals surface area contributed by atoms with Crippen molar-refractivity contribution in [3.05, 3.63) is 68.8 Å². The first-order chi connectivity index (χ1) is 15.7. The number of furan rings is 1. The molecular formula is C22H20BrClF3N3O3. The molecule has 3 aromatic rings. The number of alkyl halides is 3. The van der Waals surface area contributed by atoms with Crippen LogP contribution < -0.4 is 10.1 Å². The van der Waals surface area contributed by atoms with E-state index >= 15 is 0 Å². The second-order valence-electron chi connectivity index (χ2n) is 7.64. The molecule has 1 aliphatic rings. The van der Waals surface area contributed by atoms with Crippen LogP contribution in [-0.2, 0) is 19.3 Å². The molecule has 1 aliphatic carbocycles. The highest BCUT2D eigenvalue weighted by molar-refractivity contribution is 9.10. The van der Waals surface area contributed by atoms with E-state index < -0.39 is 17.8 Å². The third-order valence-corrected chi connectivity index (χ3v) is 6.12. The van der Waals surface area contributed by atoms with Crippen LogP contribution >= 0.6 is 27.5 Å². The standard InChI is InChI=1S/C22H20BrClF3N3O3/c23-15-4-1-2-5-16(15)32-12-14-8-9-17(33-14)21(31)28-10-3-11-30-19(13-6-7-13)18(24)20(29-30)22(25,26)27/h1-2,4-5,8-9,13H,3,6-7,10-12H2,(H,28,31). The van der Waals surface area contributed by atoms with E-state index in [9.17, 15) is 18.0 Å². The lowest BCUT2D eigenvalue weighted by Gasteiger charge is -2.08. The average Bonchev–Trinajstić information content (AvgIpc) is 3.37. The molecule has 1 aromatic carbocycles. The summed E-state index contributed by atoms with van der Waals surface area (Å²) in [5, 5.41) is 6.07. The van der Waals surface area contributed by atoms with Gasteiger partial charge in [0.1, 0.15) is 18.1 Å². The maximum absolute atomic E-state index is 13.1. The van der Waals surface area contributed by atoms with Gasteiger partial charge in [0.05, 0.1) is 15.2 Å². The summed E-state index contributed by atoms with van der Waals surface area (Å²) >= 11 is 9.36. The molecule has 6 nitrogen and oxygen atoms in total. The smallest absolute Gasteiger partial charge is 0.436 e. The van der Waals surface area contributed by atoms with Gasteiger partial charge >= 0.3 is 6.18 Å². The SMILES string of the molecule is O=C(NCCCn1nc(C(F)(F)F)c(Cl)c1C1CC1)c1ccc(COc2ccccc2Br)o1. The Morgan fingerprint density at radius 3 is 2.73 bits per heavy atom. The monoisotopic (exact) mass is 545 g/mol. The largest absolute Gasteiger partial charge is 0.484 e. The molecule has 1 amide bonds. The molecule has 0 spiro atoms. The third-order valence-electron chi connectivity index (χ3n) is 5.09. The molecule has 1 saturated carbocycles. The summed E-state index contributed by atoms with van der Waals surface area (Å²) in [5.41, 5.74) is -0.626. The Morgan fingerprint density at radius 1 is 1.27 bits per heavy atom. The molecule has 0 bridgehead atoms. The quantitative estimate of drug-likeness (QED) is 0.325. The number of ether oxygens (including phenoxy) is 1. The fourth-order valence-electron chi connectivity index (χ4n) is 3.36. The summed E-state index contributed by atoms with van der Waals surface area (Å²) < 4.78 is 52.7. The number of amides is 1. The van der Waals surface area contributed by atoms with Crippen LogP contribution in [0.4, 0.5) is 13.2 Å². The molecule has 11 heteroatoms. The Balaban J connectivity index is 1.28. The number of nitrogens with one attached hydrogen (secondary N) is 1. The number of aryl methyl sites for hydroxylation is 1. The Kier molecular flexibility index (Phi) is 7.04. The number of hydrogen-bond donors (Lipinski definition) is 1. The first kappa shape index (κ1) is 23.7. The van der Waals surface area contributed by atoms with Gasteiger partial charge in [-0.2, -0.15) is 18.3 Å². The lowest BCUT2D eigenvalue weighted by atomic mass is 10.2. The number of rotatable bonds is 9. The Labute approximate surface area is 201 Å². The maximum atomic E-state index is 13.1. The first-order valence-electron chi connectivity index (χ1n) is 10.3. The summed E-state index contributed by atoms with van der Waals surface area (Å²) in [7, 11) is 0. The van der Waals surface area contributed by atoms with Crippen molar-refractivity contribution in [3.63, 3.8) is 0 Å². The summed E-state index contributed by atoms with van der Waals surface area (Å²) in [4.78, 5) is 12.3. The van der Waals surface area contributed by atoms with Gasteiger partial charge < -0.3 is 14.5 Å². The molecule has 4 rings (SSSR count). The predicted octanol–water partition coefficient (Wildman–Crippen LogP) is 6.19. The van der Waals surface area contributed by atoms with Crippen LogP contribution in [0, 0.1) is 0 Å². The summed E-state index contributed by atoms with van der Waals surface area (Å²) in [6.45, 7) is 0.609. The minimum absolute atomic E-state index is 0.0101. The molecule has 176 valence electrons. The minimum Gasteiger partial charge on any atom is -0.484 e. The number of aromatic nitrogens is 2. The van der Waals surface area contributed by atoms with Crippen LogP contribution in [0.5, 0.6) is 5.75 Å². The topological polar surface area (TPSA) is 69.3 Å². The van der Waals surface area contributed by atoms with Crippen molar-refractivity contribution in [1.29, 1.82) is 0 Å². The molecule has 33 heavy (non-hydrogen) atoms. The van der Waals surface area contributed by atoms with E-state index in [2.05, 4.69) is 26.3 Å². The van der Waals surface area contributed by atoms with E-state index in [0.717, 1.165) is 17.3 Å². The molecule has 2 aromatic heterocycles. The van der Waals surface area contributed by atoms with E-state index in [0.29, 0.717) is 23.6 Å². The van der Waals surface area contributed by atoms with Crippen molar-refractivity contribution >= 4 is 33.4 Å². The number of carbonyl (C=O) groups excluding carboxylic acids is 1. The van der Waals surface area contributed by atoms with Crippen molar-refractivity contribution in [2.24, 2.45) is 0 Å². The predicted molar refractivity (Wildman–Crippen MR) is 118 cm³/mol.